The number of hydrogen-bond acceptors (Lipinski definition) is 8. The van der Waals surface area contributed by atoms with Crippen molar-refractivity contribution in [2.75, 3.05) is 26.2 Å². The average molecular weight is 459 g/mol. The van der Waals surface area contributed by atoms with E-state index in [1.807, 2.05) is 20.8 Å². The number of methoxy groups -OCH3 is 2. The fourth-order valence-corrected chi connectivity index (χ4v) is 4.10. The van der Waals surface area contributed by atoms with Gasteiger partial charge in [0.15, 0.2) is 5.82 Å². The minimum Gasteiger partial charge on any atom is -0.480 e. The van der Waals surface area contributed by atoms with E-state index in [0.717, 1.165) is 0 Å². The van der Waals surface area contributed by atoms with E-state index in [1.54, 1.807) is 38.4 Å². The van der Waals surface area contributed by atoms with Gasteiger partial charge in [0.25, 0.3) is 0 Å². The summed E-state index contributed by atoms with van der Waals surface area (Å²) in [6, 6.07) is 6.53. The summed E-state index contributed by atoms with van der Waals surface area (Å²) in [4.78, 5) is 36.3. The molecule has 3 aromatic rings. The van der Waals surface area contributed by atoms with E-state index >= 15 is 0 Å². The summed E-state index contributed by atoms with van der Waals surface area (Å²) in [5, 5.41) is 3.50. The largest absolute Gasteiger partial charge is 0.480 e. The molecular weight excluding hydrogens is 432 g/mol. The second kappa shape index (κ2) is 9.92. The number of aryl methyl sites for hydroxylation is 1. The molecule has 0 unspecified atom stereocenters. The predicted molar refractivity (Wildman–Crippen MR) is 123 cm³/mol. The highest BCUT2D eigenvalue weighted by Crippen LogP contribution is 2.35. The first-order valence-electron chi connectivity index (χ1n) is 9.94. The zero-order chi connectivity index (χ0) is 23.4. The number of fused-ring (bicyclic) bond motifs is 1. The van der Waals surface area contributed by atoms with E-state index in [2.05, 4.69) is 15.3 Å². The maximum Gasteiger partial charge on any atom is 0.354 e. The molecule has 170 valence electrons. The van der Waals surface area contributed by atoms with Crippen molar-refractivity contribution in [3.8, 4) is 11.6 Å². The minimum absolute atomic E-state index is 0.0311. The number of urea groups is 1. The summed E-state index contributed by atoms with van der Waals surface area (Å²) in [6.07, 6.45) is 0. The van der Waals surface area contributed by atoms with Gasteiger partial charge in [0.2, 0.25) is 5.88 Å². The molecule has 10 heteroatoms. The summed E-state index contributed by atoms with van der Waals surface area (Å²) in [6.45, 7) is 5.83. The Morgan fingerprint density at radius 2 is 1.84 bits per heavy atom. The summed E-state index contributed by atoms with van der Waals surface area (Å²) in [5.74, 6) is 0.729. The van der Waals surface area contributed by atoms with Crippen LogP contribution in [0.1, 0.15) is 34.9 Å². The number of carbonyl (C=O) groups excluding carboxylic acids is 2. The quantitative estimate of drug-likeness (QED) is 0.423. The van der Waals surface area contributed by atoms with Gasteiger partial charge < -0.3 is 19.5 Å². The Hall–Kier alpha value is -3.24. The number of carbonyl (C=O) groups is 2. The maximum absolute atomic E-state index is 12.9. The number of benzene rings is 1. The second-order valence-corrected chi connectivity index (χ2v) is 8.36. The number of esters is 1. The van der Waals surface area contributed by atoms with Crippen LogP contribution in [0.3, 0.4) is 0 Å². The van der Waals surface area contributed by atoms with Crippen molar-refractivity contribution in [1.82, 2.24) is 15.3 Å². The van der Waals surface area contributed by atoms with Crippen LogP contribution < -0.4 is 19.7 Å². The Bertz CT molecular complexity index is 1130. The van der Waals surface area contributed by atoms with Gasteiger partial charge in [-0.05, 0) is 50.6 Å². The molecule has 0 saturated carbocycles. The van der Waals surface area contributed by atoms with Crippen molar-refractivity contribution < 1.29 is 23.8 Å². The highest BCUT2D eigenvalue weighted by molar-refractivity contribution is 7.20. The molecule has 0 aliphatic carbocycles. The first-order chi connectivity index (χ1) is 15.2. The van der Waals surface area contributed by atoms with E-state index in [4.69, 9.17) is 14.2 Å². The Morgan fingerprint density at radius 3 is 2.44 bits per heavy atom. The van der Waals surface area contributed by atoms with E-state index in [1.165, 1.54) is 23.3 Å². The Balaban J connectivity index is 1.81. The number of anilines is 1. The predicted octanol–water partition coefficient (Wildman–Crippen LogP) is 3.93. The molecule has 0 bridgehead atoms. The number of hydrogen-bond donors (Lipinski definition) is 1. The van der Waals surface area contributed by atoms with Gasteiger partial charge in [0, 0.05) is 25.9 Å². The molecule has 0 fully saturated rings. The standard InChI is InChI=1S/C22H26N4O5S/c1-12(2)23-22(28)26(4)14-7-9-15(10-8-14)31-21(27)18-13(3)17-19(30-6)24-16(11-29-5)25-20(17)32-18/h7-10,12H,11H2,1-6H3,(H,23,28). The van der Waals surface area contributed by atoms with Gasteiger partial charge >= 0.3 is 12.0 Å². The number of ether oxygens (including phenoxy) is 3. The fraction of sp³-hybridized carbons (Fsp3) is 0.364. The highest BCUT2D eigenvalue weighted by atomic mass is 32.1. The lowest BCUT2D eigenvalue weighted by Crippen LogP contribution is -2.40. The molecule has 9 nitrogen and oxygen atoms in total. The zero-order valence-corrected chi connectivity index (χ0v) is 19.7. The normalized spacial score (nSPS) is 11.0. The van der Waals surface area contributed by atoms with E-state index in [-0.39, 0.29) is 18.7 Å². The van der Waals surface area contributed by atoms with Crippen molar-refractivity contribution in [3.05, 3.63) is 40.5 Å². The smallest absolute Gasteiger partial charge is 0.354 e. The lowest BCUT2D eigenvalue weighted by molar-refractivity contribution is 0.0739. The van der Waals surface area contributed by atoms with Crippen molar-refractivity contribution in [2.24, 2.45) is 0 Å². The van der Waals surface area contributed by atoms with Crippen LogP contribution in [0.2, 0.25) is 0 Å². The summed E-state index contributed by atoms with van der Waals surface area (Å²) in [7, 11) is 4.75. The molecular formula is C22H26N4O5S. The maximum atomic E-state index is 12.9. The van der Waals surface area contributed by atoms with Gasteiger partial charge in [-0.15, -0.1) is 11.3 Å². The summed E-state index contributed by atoms with van der Waals surface area (Å²) < 4.78 is 16.1. The molecule has 2 amide bonds. The molecule has 0 spiro atoms. The van der Waals surface area contributed by atoms with Crippen LogP contribution in [0.4, 0.5) is 10.5 Å². The third kappa shape index (κ3) is 4.97. The summed E-state index contributed by atoms with van der Waals surface area (Å²) in [5.41, 5.74) is 1.37. The number of thiophene rings is 1. The van der Waals surface area contributed by atoms with Crippen LogP contribution in [0, 0.1) is 6.92 Å². The third-order valence-electron chi connectivity index (χ3n) is 4.61. The van der Waals surface area contributed by atoms with Crippen LogP contribution in [0.15, 0.2) is 24.3 Å². The van der Waals surface area contributed by atoms with E-state index in [9.17, 15) is 9.59 Å². The second-order valence-electron chi connectivity index (χ2n) is 7.37. The number of aromatic nitrogens is 2. The number of nitrogens with zero attached hydrogens (tertiary/aromatic N) is 3. The fourth-order valence-electron chi connectivity index (χ4n) is 3.03. The monoisotopic (exact) mass is 458 g/mol. The van der Waals surface area contributed by atoms with Crippen molar-refractivity contribution in [3.63, 3.8) is 0 Å². The lowest BCUT2D eigenvalue weighted by atomic mass is 10.2. The molecule has 32 heavy (non-hydrogen) atoms. The molecule has 0 saturated heterocycles. The molecule has 3 rings (SSSR count). The zero-order valence-electron chi connectivity index (χ0n) is 18.9. The molecule has 0 aliphatic rings. The average Bonchev–Trinajstić information content (AvgIpc) is 3.09. The topological polar surface area (TPSA) is 103 Å². The molecule has 0 atom stereocenters. The van der Waals surface area contributed by atoms with Crippen molar-refractivity contribution >= 4 is 39.2 Å². The van der Waals surface area contributed by atoms with Crippen LogP contribution in [-0.2, 0) is 11.3 Å². The third-order valence-corrected chi connectivity index (χ3v) is 5.77. The Kier molecular flexibility index (Phi) is 7.26. The van der Waals surface area contributed by atoms with Gasteiger partial charge in [-0.3, -0.25) is 4.90 Å². The lowest BCUT2D eigenvalue weighted by Gasteiger charge is -2.20. The molecule has 1 N–H and O–H groups in total. The first-order valence-corrected chi connectivity index (χ1v) is 10.8. The van der Waals surface area contributed by atoms with Crippen LogP contribution in [0.25, 0.3) is 10.2 Å². The van der Waals surface area contributed by atoms with Gasteiger partial charge in [-0.2, -0.15) is 4.98 Å². The van der Waals surface area contributed by atoms with E-state index < -0.39 is 5.97 Å². The number of nitrogens with one attached hydrogen (secondary N) is 1. The molecule has 1 aromatic carbocycles. The molecule has 0 aliphatic heterocycles. The minimum atomic E-state index is -0.500. The Morgan fingerprint density at radius 1 is 1.16 bits per heavy atom. The van der Waals surface area contributed by atoms with Crippen LogP contribution >= 0.6 is 11.3 Å². The highest BCUT2D eigenvalue weighted by Gasteiger charge is 2.23. The van der Waals surface area contributed by atoms with Crippen molar-refractivity contribution in [1.29, 1.82) is 0 Å². The van der Waals surface area contributed by atoms with Gasteiger partial charge in [0.05, 0.1) is 12.5 Å². The van der Waals surface area contributed by atoms with Gasteiger partial charge in [-0.25, -0.2) is 14.6 Å². The number of amides is 2. The van der Waals surface area contributed by atoms with E-state index in [0.29, 0.717) is 43.8 Å². The first kappa shape index (κ1) is 23.4. The molecule has 0 radical (unpaired) electrons. The van der Waals surface area contributed by atoms with Crippen LogP contribution in [-0.4, -0.2) is 49.3 Å². The van der Waals surface area contributed by atoms with Gasteiger partial charge in [-0.1, -0.05) is 0 Å². The van der Waals surface area contributed by atoms with Crippen LogP contribution in [0.5, 0.6) is 11.6 Å². The molecule has 2 aromatic heterocycles. The number of rotatable bonds is 7. The summed E-state index contributed by atoms with van der Waals surface area (Å²) >= 11 is 1.22. The molecule has 2 heterocycles. The Labute approximate surface area is 190 Å². The van der Waals surface area contributed by atoms with Gasteiger partial charge in [0.1, 0.15) is 22.1 Å². The van der Waals surface area contributed by atoms with Crippen molar-refractivity contribution in [2.45, 2.75) is 33.4 Å². The SMILES string of the molecule is COCc1nc(OC)c2c(C)c(C(=O)Oc3ccc(N(C)C(=O)NC(C)C)cc3)sc2n1.